The number of fused-ring (bicyclic) bond motifs is 1. The maximum absolute atomic E-state index is 12.5. The molecule has 0 spiro atoms. The van der Waals surface area contributed by atoms with Crippen molar-refractivity contribution in [2.75, 3.05) is 13.7 Å². The molecule has 0 fully saturated rings. The molecular weight excluding hydrogens is 316 g/mol. The maximum atomic E-state index is 12.5. The molecule has 5 nitrogen and oxygen atoms in total. The Hall–Kier alpha value is -3.08. The average molecular weight is 336 g/mol. The second-order valence-corrected chi connectivity index (χ2v) is 5.76. The van der Waals surface area contributed by atoms with Gasteiger partial charge in [-0.15, -0.1) is 0 Å². The number of carbonyl (C=O) groups is 2. The van der Waals surface area contributed by atoms with Crippen molar-refractivity contribution >= 4 is 22.8 Å². The van der Waals surface area contributed by atoms with E-state index in [9.17, 15) is 9.59 Å². The fourth-order valence-corrected chi connectivity index (χ4v) is 2.81. The maximum Gasteiger partial charge on any atom is 0.307 e. The van der Waals surface area contributed by atoms with Crippen LogP contribution >= 0.6 is 0 Å². The monoisotopic (exact) mass is 336 g/mol. The third-order valence-corrected chi connectivity index (χ3v) is 4.07. The van der Waals surface area contributed by atoms with Crippen molar-refractivity contribution in [2.45, 2.75) is 13.0 Å². The zero-order chi connectivity index (χ0) is 17.6. The number of para-hydroxylation sites is 1. The summed E-state index contributed by atoms with van der Waals surface area (Å²) in [7, 11) is 1.33. The van der Waals surface area contributed by atoms with Gasteiger partial charge in [0.2, 0.25) is 0 Å². The van der Waals surface area contributed by atoms with Gasteiger partial charge in [0.15, 0.2) is 0 Å². The first kappa shape index (κ1) is 16.8. The molecule has 3 aromatic rings. The van der Waals surface area contributed by atoms with Crippen LogP contribution in [0.1, 0.15) is 22.3 Å². The van der Waals surface area contributed by atoms with E-state index in [0.29, 0.717) is 12.1 Å². The number of esters is 1. The second kappa shape index (κ2) is 7.66. The van der Waals surface area contributed by atoms with Crippen molar-refractivity contribution in [1.29, 1.82) is 0 Å². The fraction of sp³-hybridized carbons (Fsp3) is 0.200. The van der Waals surface area contributed by atoms with E-state index in [4.69, 9.17) is 0 Å². The van der Waals surface area contributed by atoms with E-state index in [0.717, 1.165) is 10.9 Å². The van der Waals surface area contributed by atoms with E-state index in [1.165, 1.54) is 12.7 Å². The van der Waals surface area contributed by atoms with E-state index in [-0.39, 0.29) is 24.8 Å². The lowest BCUT2D eigenvalue weighted by Gasteiger charge is -2.05. The van der Waals surface area contributed by atoms with Gasteiger partial charge in [-0.3, -0.25) is 9.59 Å². The molecule has 0 atom stereocenters. The van der Waals surface area contributed by atoms with Crippen LogP contribution in [0, 0.1) is 0 Å². The Morgan fingerprint density at radius 3 is 2.52 bits per heavy atom. The third-order valence-electron chi connectivity index (χ3n) is 4.07. The van der Waals surface area contributed by atoms with Gasteiger partial charge in [-0.25, -0.2) is 0 Å². The molecule has 0 saturated heterocycles. The van der Waals surface area contributed by atoms with E-state index in [1.807, 2.05) is 48.7 Å². The number of methoxy groups -OCH3 is 1. The molecule has 0 bridgehead atoms. The molecule has 0 aliphatic heterocycles. The Kier molecular flexibility index (Phi) is 5.14. The molecule has 3 rings (SSSR count). The van der Waals surface area contributed by atoms with Crippen molar-refractivity contribution in [3.05, 3.63) is 71.9 Å². The number of nitrogens with one attached hydrogen (secondary N) is 1. The Balaban J connectivity index is 1.83. The lowest BCUT2D eigenvalue weighted by molar-refractivity contribution is -0.140. The van der Waals surface area contributed by atoms with Crippen LogP contribution < -0.4 is 5.32 Å². The van der Waals surface area contributed by atoms with Crippen LogP contribution in [0.15, 0.2) is 60.8 Å². The number of rotatable bonds is 6. The van der Waals surface area contributed by atoms with Gasteiger partial charge >= 0.3 is 5.97 Å². The van der Waals surface area contributed by atoms with E-state index in [2.05, 4.69) is 26.8 Å². The summed E-state index contributed by atoms with van der Waals surface area (Å²) in [6.45, 7) is 0.945. The first-order valence-electron chi connectivity index (χ1n) is 8.16. The summed E-state index contributed by atoms with van der Waals surface area (Å²) in [5, 5.41) is 3.68. The number of benzene rings is 2. The fourth-order valence-electron chi connectivity index (χ4n) is 2.81. The van der Waals surface area contributed by atoms with Crippen LogP contribution in [-0.4, -0.2) is 30.1 Å². The van der Waals surface area contributed by atoms with Gasteiger partial charge in [0.1, 0.15) is 0 Å². The molecule has 1 heterocycles. The molecule has 0 aliphatic rings. The largest absolute Gasteiger partial charge is 0.469 e. The van der Waals surface area contributed by atoms with Gasteiger partial charge in [0.05, 0.1) is 19.1 Å². The molecule has 0 radical (unpaired) electrons. The number of nitrogens with zero attached hydrogens (tertiary/aromatic N) is 1. The highest BCUT2D eigenvalue weighted by Crippen LogP contribution is 2.22. The first-order valence-corrected chi connectivity index (χ1v) is 8.16. The van der Waals surface area contributed by atoms with Crippen LogP contribution in [0.4, 0.5) is 0 Å². The molecule has 0 unspecified atom stereocenters. The van der Waals surface area contributed by atoms with Crippen LogP contribution in [0.5, 0.6) is 0 Å². The molecule has 0 aliphatic carbocycles. The van der Waals surface area contributed by atoms with Crippen LogP contribution in [0.25, 0.3) is 10.9 Å². The molecule has 1 amide bonds. The molecule has 5 heteroatoms. The normalized spacial score (nSPS) is 10.6. The first-order chi connectivity index (χ1) is 12.2. The number of aromatic nitrogens is 1. The van der Waals surface area contributed by atoms with E-state index >= 15 is 0 Å². The lowest BCUT2D eigenvalue weighted by Crippen LogP contribution is -2.26. The van der Waals surface area contributed by atoms with E-state index < -0.39 is 0 Å². The topological polar surface area (TPSA) is 60.3 Å². The number of amides is 1. The summed E-state index contributed by atoms with van der Waals surface area (Å²) in [5.74, 6) is -0.529. The molecule has 128 valence electrons. The quantitative estimate of drug-likeness (QED) is 0.704. The summed E-state index contributed by atoms with van der Waals surface area (Å²) in [4.78, 5) is 23.7. The predicted molar refractivity (Wildman–Crippen MR) is 96.4 cm³/mol. The van der Waals surface area contributed by atoms with Gasteiger partial charge in [0.25, 0.3) is 5.91 Å². The number of hydrogen-bond donors (Lipinski definition) is 1. The Bertz CT molecular complexity index is 884. The Morgan fingerprint density at radius 2 is 1.76 bits per heavy atom. The highest BCUT2D eigenvalue weighted by Gasteiger charge is 2.15. The summed E-state index contributed by atoms with van der Waals surface area (Å²) in [6, 6.07) is 17.9. The van der Waals surface area contributed by atoms with E-state index in [1.54, 1.807) is 0 Å². The summed E-state index contributed by atoms with van der Waals surface area (Å²) < 4.78 is 6.65. The predicted octanol–water partition coefficient (Wildman–Crippen LogP) is 2.98. The highest BCUT2D eigenvalue weighted by molar-refractivity contribution is 6.07. The SMILES string of the molecule is COC(=O)CCNC(=O)c1cn(Cc2ccccc2)c2ccccc12. The Morgan fingerprint density at radius 1 is 1.04 bits per heavy atom. The van der Waals surface area contributed by atoms with Crippen molar-refractivity contribution in [3.63, 3.8) is 0 Å². The minimum Gasteiger partial charge on any atom is -0.469 e. The van der Waals surface area contributed by atoms with Gasteiger partial charge in [-0.05, 0) is 11.6 Å². The summed E-state index contributed by atoms with van der Waals surface area (Å²) in [5.41, 5.74) is 2.78. The summed E-state index contributed by atoms with van der Waals surface area (Å²) >= 11 is 0. The number of hydrogen-bond acceptors (Lipinski definition) is 3. The standard InChI is InChI=1S/C20H20N2O3/c1-25-19(23)11-12-21-20(24)17-14-22(13-15-7-3-2-4-8-15)18-10-6-5-9-16(17)18/h2-10,14H,11-13H2,1H3,(H,21,24). The minimum atomic E-state index is -0.341. The van der Waals surface area contributed by atoms with Crippen molar-refractivity contribution in [2.24, 2.45) is 0 Å². The summed E-state index contributed by atoms with van der Waals surface area (Å²) in [6.07, 6.45) is 2.02. The number of carbonyl (C=O) groups excluding carboxylic acids is 2. The lowest BCUT2D eigenvalue weighted by atomic mass is 10.1. The van der Waals surface area contributed by atoms with Crippen LogP contribution in [0.2, 0.25) is 0 Å². The van der Waals surface area contributed by atoms with Gasteiger partial charge in [0, 0.05) is 30.2 Å². The highest BCUT2D eigenvalue weighted by atomic mass is 16.5. The van der Waals surface area contributed by atoms with Gasteiger partial charge in [-0.2, -0.15) is 0 Å². The smallest absolute Gasteiger partial charge is 0.307 e. The van der Waals surface area contributed by atoms with Crippen molar-refractivity contribution in [1.82, 2.24) is 9.88 Å². The van der Waals surface area contributed by atoms with Crippen molar-refractivity contribution < 1.29 is 14.3 Å². The third kappa shape index (κ3) is 3.88. The molecule has 2 aromatic carbocycles. The number of ether oxygens (including phenoxy) is 1. The minimum absolute atomic E-state index is 0.158. The second-order valence-electron chi connectivity index (χ2n) is 5.76. The van der Waals surface area contributed by atoms with Crippen LogP contribution in [-0.2, 0) is 16.1 Å². The van der Waals surface area contributed by atoms with Gasteiger partial charge < -0.3 is 14.6 Å². The van der Waals surface area contributed by atoms with Crippen LogP contribution in [0.3, 0.4) is 0 Å². The average Bonchev–Trinajstić information content (AvgIpc) is 3.01. The Labute approximate surface area is 146 Å². The molecule has 1 aromatic heterocycles. The van der Waals surface area contributed by atoms with Crippen molar-refractivity contribution in [3.8, 4) is 0 Å². The van der Waals surface area contributed by atoms with Gasteiger partial charge in [-0.1, -0.05) is 48.5 Å². The zero-order valence-electron chi connectivity index (χ0n) is 14.1. The molecule has 1 N–H and O–H groups in total. The molecular formula is C20H20N2O3. The molecule has 0 saturated carbocycles. The zero-order valence-corrected chi connectivity index (χ0v) is 14.1. The molecule has 25 heavy (non-hydrogen) atoms.